The van der Waals surface area contributed by atoms with Crippen LogP contribution >= 0.6 is 22.7 Å². The van der Waals surface area contributed by atoms with Gasteiger partial charge in [0.25, 0.3) is 5.56 Å². The van der Waals surface area contributed by atoms with Crippen molar-refractivity contribution >= 4 is 50.4 Å². The number of H-pyrrole nitrogens is 1. The third-order valence-electron chi connectivity index (χ3n) is 6.19. The number of hydrogen-bond donors (Lipinski definition) is 1. The molecule has 9 heteroatoms. The molecule has 3 aromatic heterocycles. The molecule has 0 saturated carbocycles. The van der Waals surface area contributed by atoms with Gasteiger partial charge in [-0.3, -0.25) is 14.4 Å². The maximum Gasteiger partial charge on any atom is 0.268 e. The average molecular weight is 493 g/mol. The lowest BCUT2D eigenvalue weighted by Gasteiger charge is -2.41. The standard InChI is InChI=1S/C25H24N4O3S2/c1-15-5-7-16(8-6-15)29-21(30)10-9-17(22(29)19-4-3-12-33-19)25(32)28(2)14-20-26-18-11-13-34-23(18)24(31)27-20/h3-8,11-13,17,22H,9-10,14H2,1-2H3,(H,26,27,31). The molecule has 4 aromatic rings. The second-order valence-electron chi connectivity index (χ2n) is 8.55. The summed E-state index contributed by atoms with van der Waals surface area (Å²) in [4.78, 5) is 50.8. The van der Waals surface area contributed by atoms with Gasteiger partial charge in [-0.25, -0.2) is 4.98 Å². The van der Waals surface area contributed by atoms with Crippen LogP contribution in [0, 0.1) is 12.8 Å². The van der Waals surface area contributed by atoms with E-state index >= 15 is 0 Å². The first-order valence-corrected chi connectivity index (χ1v) is 12.8. The topological polar surface area (TPSA) is 86.4 Å². The quantitative estimate of drug-likeness (QED) is 0.445. The fraction of sp³-hybridized carbons (Fsp3) is 0.280. The molecule has 0 bridgehead atoms. The van der Waals surface area contributed by atoms with Gasteiger partial charge in [0, 0.05) is 24.0 Å². The van der Waals surface area contributed by atoms with Crippen LogP contribution in [0.15, 0.2) is 58.0 Å². The number of aryl methyl sites for hydroxylation is 1. The Morgan fingerprint density at radius 1 is 1.15 bits per heavy atom. The molecule has 1 saturated heterocycles. The largest absolute Gasteiger partial charge is 0.338 e. The fourth-order valence-corrected chi connectivity index (χ4v) is 6.13. The van der Waals surface area contributed by atoms with Gasteiger partial charge in [0.1, 0.15) is 10.5 Å². The van der Waals surface area contributed by atoms with Gasteiger partial charge < -0.3 is 14.8 Å². The lowest BCUT2D eigenvalue weighted by Crippen LogP contribution is -2.48. The zero-order chi connectivity index (χ0) is 23.8. The van der Waals surface area contributed by atoms with Gasteiger partial charge in [-0.05, 0) is 48.4 Å². The summed E-state index contributed by atoms with van der Waals surface area (Å²) in [6.45, 7) is 2.19. The molecule has 1 aromatic carbocycles. The van der Waals surface area contributed by atoms with Gasteiger partial charge in [0.05, 0.1) is 24.0 Å². The van der Waals surface area contributed by atoms with Crippen molar-refractivity contribution < 1.29 is 9.59 Å². The van der Waals surface area contributed by atoms with Crippen LogP contribution in [0.2, 0.25) is 0 Å². The zero-order valence-electron chi connectivity index (χ0n) is 18.9. The van der Waals surface area contributed by atoms with Crippen molar-refractivity contribution in [1.29, 1.82) is 0 Å². The minimum Gasteiger partial charge on any atom is -0.338 e. The van der Waals surface area contributed by atoms with Gasteiger partial charge in [0.2, 0.25) is 11.8 Å². The van der Waals surface area contributed by atoms with Crippen LogP contribution in [-0.2, 0) is 16.1 Å². The van der Waals surface area contributed by atoms with Crippen molar-refractivity contribution in [2.24, 2.45) is 5.92 Å². The first kappa shape index (κ1) is 22.5. The van der Waals surface area contributed by atoms with Crippen LogP contribution in [0.4, 0.5) is 5.69 Å². The lowest BCUT2D eigenvalue weighted by molar-refractivity contribution is -0.137. The Morgan fingerprint density at radius 2 is 1.94 bits per heavy atom. The van der Waals surface area contributed by atoms with E-state index in [4.69, 9.17) is 0 Å². The third-order valence-corrected chi connectivity index (χ3v) is 8.03. The smallest absolute Gasteiger partial charge is 0.268 e. The van der Waals surface area contributed by atoms with Crippen molar-refractivity contribution in [3.05, 3.63) is 79.8 Å². The number of fused-ring (bicyclic) bond motifs is 1. The molecule has 34 heavy (non-hydrogen) atoms. The Morgan fingerprint density at radius 3 is 2.68 bits per heavy atom. The van der Waals surface area contributed by atoms with E-state index in [1.54, 1.807) is 34.3 Å². The highest BCUT2D eigenvalue weighted by atomic mass is 32.1. The Kier molecular flexibility index (Phi) is 6.05. The Labute approximate surface area is 204 Å². The summed E-state index contributed by atoms with van der Waals surface area (Å²) in [5.41, 5.74) is 2.34. The van der Waals surface area contributed by atoms with E-state index in [1.165, 1.54) is 11.3 Å². The van der Waals surface area contributed by atoms with E-state index in [2.05, 4.69) is 9.97 Å². The van der Waals surface area contributed by atoms with Crippen molar-refractivity contribution in [3.63, 3.8) is 0 Å². The van der Waals surface area contributed by atoms with Crippen LogP contribution in [0.25, 0.3) is 10.2 Å². The average Bonchev–Trinajstić information content (AvgIpc) is 3.51. The molecule has 1 aliphatic heterocycles. The number of aromatic amines is 1. The second kappa shape index (κ2) is 9.15. The Bertz CT molecular complexity index is 1390. The van der Waals surface area contributed by atoms with Gasteiger partial charge in [-0.15, -0.1) is 22.7 Å². The van der Waals surface area contributed by atoms with Crippen LogP contribution in [0.3, 0.4) is 0 Å². The molecule has 1 fully saturated rings. The predicted molar refractivity (Wildman–Crippen MR) is 135 cm³/mol. The summed E-state index contributed by atoms with van der Waals surface area (Å²) in [6, 6.07) is 13.2. The maximum atomic E-state index is 13.7. The van der Waals surface area contributed by atoms with Gasteiger partial charge in [-0.2, -0.15) is 0 Å². The number of nitrogens with zero attached hydrogens (tertiary/aromatic N) is 3. The number of anilines is 1. The van der Waals surface area contributed by atoms with Crippen molar-refractivity contribution in [2.45, 2.75) is 32.4 Å². The molecule has 4 heterocycles. The number of aromatic nitrogens is 2. The first-order valence-electron chi connectivity index (χ1n) is 11.1. The van der Waals surface area contributed by atoms with E-state index in [-0.39, 0.29) is 30.0 Å². The fourth-order valence-electron chi connectivity index (χ4n) is 4.53. The predicted octanol–water partition coefficient (Wildman–Crippen LogP) is 4.50. The molecule has 2 atom stereocenters. The minimum atomic E-state index is -0.403. The molecule has 1 aliphatic rings. The van der Waals surface area contributed by atoms with Gasteiger partial charge in [0.15, 0.2) is 0 Å². The minimum absolute atomic E-state index is 0.0165. The van der Waals surface area contributed by atoms with E-state index in [1.807, 2.05) is 54.1 Å². The molecular weight excluding hydrogens is 468 g/mol. The number of hydrogen-bond acceptors (Lipinski definition) is 6. The van der Waals surface area contributed by atoms with E-state index in [0.717, 1.165) is 16.1 Å². The van der Waals surface area contributed by atoms with Crippen molar-refractivity contribution in [3.8, 4) is 0 Å². The molecule has 2 unspecified atom stereocenters. The normalized spacial score (nSPS) is 18.4. The molecule has 7 nitrogen and oxygen atoms in total. The Balaban J connectivity index is 1.46. The SMILES string of the molecule is Cc1ccc(N2C(=O)CCC(C(=O)N(C)Cc3nc4ccsc4c(=O)[nH]3)C2c2cccs2)cc1. The highest BCUT2D eigenvalue weighted by Crippen LogP contribution is 2.42. The van der Waals surface area contributed by atoms with E-state index in [9.17, 15) is 14.4 Å². The molecule has 2 amide bonds. The molecule has 5 rings (SSSR count). The summed E-state index contributed by atoms with van der Waals surface area (Å²) < 4.78 is 0.579. The van der Waals surface area contributed by atoms with Crippen LogP contribution in [0.1, 0.15) is 35.1 Å². The Hall–Kier alpha value is -3.30. The number of nitrogens with one attached hydrogen (secondary N) is 1. The molecule has 0 spiro atoms. The van der Waals surface area contributed by atoms with Gasteiger partial charge in [-0.1, -0.05) is 23.8 Å². The maximum absolute atomic E-state index is 13.7. The number of piperidine rings is 1. The summed E-state index contributed by atoms with van der Waals surface area (Å²) >= 11 is 2.90. The van der Waals surface area contributed by atoms with Crippen LogP contribution in [-0.4, -0.2) is 33.7 Å². The highest BCUT2D eigenvalue weighted by Gasteiger charge is 2.43. The molecule has 174 valence electrons. The molecule has 1 N–H and O–H groups in total. The van der Waals surface area contributed by atoms with Crippen molar-refractivity contribution in [2.75, 3.05) is 11.9 Å². The third kappa shape index (κ3) is 4.17. The number of carbonyl (C=O) groups is 2. The lowest BCUT2D eigenvalue weighted by atomic mass is 9.86. The summed E-state index contributed by atoms with van der Waals surface area (Å²) in [5.74, 6) is -0.0140. The highest BCUT2D eigenvalue weighted by molar-refractivity contribution is 7.17. The van der Waals surface area contributed by atoms with E-state index < -0.39 is 5.92 Å². The summed E-state index contributed by atoms with van der Waals surface area (Å²) in [7, 11) is 1.72. The number of thiophene rings is 2. The zero-order valence-corrected chi connectivity index (χ0v) is 20.5. The number of rotatable bonds is 5. The molecular formula is C25H24N4O3S2. The van der Waals surface area contributed by atoms with Crippen molar-refractivity contribution in [1.82, 2.24) is 14.9 Å². The second-order valence-corrected chi connectivity index (χ2v) is 10.4. The van der Waals surface area contributed by atoms with Gasteiger partial charge >= 0.3 is 0 Å². The molecule has 0 radical (unpaired) electrons. The van der Waals surface area contributed by atoms with E-state index in [0.29, 0.717) is 28.9 Å². The molecule has 0 aliphatic carbocycles. The first-order chi connectivity index (χ1) is 16.4. The number of carbonyl (C=O) groups excluding carboxylic acids is 2. The summed E-state index contributed by atoms with van der Waals surface area (Å²) in [5, 5.41) is 3.80. The van der Waals surface area contributed by atoms with Crippen LogP contribution in [0.5, 0.6) is 0 Å². The number of benzene rings is 1. The number of amides is 2. The monoisotopic (exact) mass is 492 g/mol. The summed E-state index contributed by atoms with van der Waals surface area (Å²) in [6.07, 6.45) is 0.774. The van der Waals surface area contributed by atoms with Crippen LogP contribution < -0.4 is 10.5 Å².